The minimum atomic E-state index is -0.418. The molecule has 2 N–H and O–H groups in total. The fourth-order valence-electron chi connectivity index (χ4n) is 1.58. The number of aromatic hydroxyl groups is 1. The zero-order valence-corrected chi connectivity index (χ0v) is 11.9. The summed E-state index contributed by atoms with van der Waals surface area (Å²) in [5, 5.41) is 12.3. The van der Waals surface area contributed by atoms with Gasteiger partial charge >= 0.3 is 0 Å². The molecule has 0 unspecified atom stereocenters. The zero-order chi connectivity index (χ0) is 13.8. The highest BCUT2D eigenvalue weighted by molar-refractivity contribution is 14.1. The van der Waals surface area contributed by atoms with E-state index < -0.39 is 5.91 Å². The molecule has 4 nitrogen and oxygen atoms in total. The van der Waals surface area contributed by atoms with Crippen LogP contribution in [0, 0.1) is 3.57 Å². The Hall–Kier alpha value is -1.89. The number of hydrogen-bond acceptors (Lipinski definition) is 3. The van der Waals surface area contributed by atoms with Crippen LogP contribution in [0.1, 0.15) is 20.7 Å². The molecule has 0 aliphatic carbocycles. The van der Waals surface area contributed by atoms with Crippen molar-refractivity contribution in [3.63, 3.8) is 0 Å². The van der Waals surface area contributed by atoms with Crippen LogP contribution in [-0.4, -0.2) is 17.3 Å². The van der Waals surface area contributed by atoms with Crippen LogP contribution in [0.25, 0.3) is 0 Å². The van der Waals surface area contributed by atoms with Gasteiger partial charge in [0, 0.05) is 14.8 Å². The number of hydrogen-bond donors (Lipinski definition) is 2. The Morgan fingerprint density at radius 2 is 2.00 bits per heavy atom. The van der Waals surface area contributed by atoms with Crippen molar-refractivity contribution >= 4 is 40.5 Å². The Kier molecular flexibility index (Phi) is 4.16. The van der Waals surface area contributed by atoms with Crippen molar-refractivity contribution in [2.75, 3.05) is 5.32 Å². The first-order valence-electron chi connectivity index (χ1n) is 5.45. The SMILES string of the molecule is O=Cc1cccc(NC(=O)c2cc(I)ccc2O)c1. The van der Waals surface area contributed by atoms with Gasteiger partial charge in [0.15, 0.2) is 0 Å². The highest BCUT2D eigenvalue weighted by Gasteiger charge is 2.11. The average molecular weight is 367 g/mol. The standard InChI is InChI=1S/C14H10INO3/c15-10-4-5-13(18)12(7-10)14(19)16-11-3-1-2-9(6-11)8-17/h1-8,18H,(H,16,19). The maximum absolute atomic E-state index is 12.0. The fraction of sp³-hybridized carbons (Fsp3) is 0. The molecule has 2 rings (SSSR count). The molecule has 2 aromatic carbocycles. The van der Waals surface area contributed by atoms with Gasteiger partial charge in [0.1, 0.15) is 12.0 Å². The van der Waals surface area contributed by atoms with Crippen LogP contribution >= 0.6 is 22.6 Å². The highest BCUT2D eigenvalue weighted by atomic mass is 127. The Morgan fingerprint density at radius 3 is 2.74 bits per heavy atom. The van der Waals surface area contributed by atoms with Gasteiger partial charge < -0.3 is 10.4 Å². The summed E-state index contributed by atoms with van der Waals surface area (Å²) in [5.74, 6) is -0.497. The summed E-state index contributed by atoms with van der Waals surface area (Å²) in [6.07, 6.45) is 0.707. The summed E-state index contributed by atoms with van der Waals surface area (Å²) in [4.78, 5) is 22.7. The minimum absolute atomic E-state index is 0.0792. The van der Waals surface area contributed by atoms with Gasteiger partial charge in [-0.1, -0.05) is 12.1 Å². The molecule has 0 spiro atoms. The highest BCUT2D eigenvalue weighted by Crippen LogP contribution is 2.21. The summed E-state index contributed by atoms with van der Waals surface area (Å²) < 4.78 is 0.849. The number of phenolic OH excluding ortho intramolecular Hbond substituents is 1. The van der Waals surface area contributed by atoms with Crippen molar-refractivity contribution in [3.05, 3.63) is 57.2 Å². The van der Waals surface area contributed by atoms with Crippen molar-refractivity contribution in [2.24, 2.45) is 0 Å². The molecule has 0 aliphatic rings. The summed E-state index contributed by atoms with van der Waals surface area (Å²) in [5.41, 5.74) is 1.18. The third-order valence-electron chi connectivity index (χ3n) is 2.48. The maximum Gasteiger partial charge on any atom is 0.259 e. The number of rotatable bonds is 3. The summed E-state index contributed by atoms with van der Waals surface area (Å²) in [6, 6.07) is 11.3. The van der Waals surface area contributed by atoms with Crippen LogP contribution in [0.15, 0.2) is 42.5 Å². The van der Waals surface area contributed by atoms with Gasteiger partial charge in [-0.05, 0) is 52.9 Å². The molecule has 0 atom stereocenters. The summed E-state index contributed by atoms with van der Waals surface area (Å²) >= 11 is 2.06. The van der Waals surface area contributed by atoms with Crippen molar-refractivity contribution in [2.45, 2.75) is 0 Å². The fourth-order valence-corrected chi connectivity index (χ4v) is 2.07. The van der Waals surface area contributed by atoms with Crippen LogP contribution in [0.3, 0.4) is 0 Å². The van der Waals surface area contributed by atoms with Crippen LogP contribution in [0.5, 0.6) is 5.75 Å². The molecule has 5 heteroatoms. The first-order valence-corrected chi connectivity index (χ1v) is 6.53. The summed E-state index contributed by atoms with van der Waals surface area (Å²) in [6.45, 7) is 0. The van der Waals surface area contributed by atoms with Crippen LogP contribution in [0.2, 0.25) is 0 Å². The normalized spacial score (nSPS) is 9.95. The van der Waals surface area contributed by atoms with E-state index in [1.54, 1.807) is 36.4 Å². The topological polar surface area (TPSA) is 66.4 Å². The van der Waals surface area contributed by atoms with E-state index in [0.29, 0.717) is 17.5 Å². The van der Waals surface area contributed by atoms with Crippen LogP contribution in [-0.2, 0) is 0 Å². The smallest absolute Gasteiger partial charge is 0.259 e. The molecule has 1 amide bonds. The first-order chi connectivity index (χ1) is 9.10. The molecule has 0 heterocycles. The van der Waals surface area contributed by atoms with Crippen molar-refractivity contribution in [1.29, 1.82) is 0 Å². The predicted molar refractivity (Wildman–Crippen MR) is 80.6 cm³/mol. The quantitative estimate of drug-likeness (QED) is 0.647. The predicted octanol–water partition coefficient (Wildman–Crippen LogP) is 3.06. The van der Waals surface area contributed by atoms with Crippen LogP contribution < -0.4 is 5.32 Å². The number of halogens is 1. The Bertz CT molecular complexity index is 640. The second-order valence-corrected chi connectivity index (χ2v) is 5.10. The van der Waals surface area contributed by atoms with Gasteiger partial charge in [0.2, 0.25) is 0 Å². The lowest BCUT2D eigenvalue weighted by molar-refractivity contribution is 0.102. The lowest BCUT2D eigenvalue weighted by atomic mass is 10.1. The van der Waals surface area contributed by atoms with Gasteiger partial charge in [-0.2, -0.15) is 0 Å². The van der Waals surface area contributed by atoms with Crippen molar-refractivity contribution < 1.29 is 14.7 Å². The molecule has 0 bridgehead atoms. The van der Waals surface area contributed by atoms with E-state index in [2.05, 4.69) is 27.9 Å². The zero-order valence-electron chi connectivity index (χ0n) is 9.76. The first kappa shape index (κ1) is 13.5. The number of aldehydes is 1. The largest absolute Gasteiger partial charge is 0.507 e. The molecule has 0 aromatic heterocycles. The molecule has 0 aliphatic heterocycles. The maximum atomic E-state index is 12.0. The molecule has 96 valence electrons. The van der Waals surface area contributed by atoms with Gasteiger partial charge in [0.25, 0.3) is 5.91 Å². The molecule has 0 saturated carbocycles. The number of nitrogens with one attached hydrogen (secondary N) is 1. The van der Waals surface area contributed by atoms with E-state index in [0.717, 1.165) is 3.57 Å². The second-order valence-electron chi connectivity index (χ2n) is 3.86. The summed E-state index contributed by atoms with van der Waals surface area (Å²) in [7, 11) is 0. The monoisotopic (exact) mass is 367 g/mol. The Morgan fingerprint density at radius 1 is 1.21 bits per heavy atom. The van der Waals surface area contributed by atoms with E-state index in [9.17, 15) is 14.7 Å². The lowest BCUT2D eigenvalue weighted by Gasteiger charge is -2.07. The third kappa shape index (κ3) is 3.31. The number of carbonyl (C=O) groups is 2. The van der Waals surface area contributed by atoms with E-state index >= 15 is 0 Å². The van der Waals surface area contributed by atoms with Gasteiger partial charge in [-0.3, -0.25) is 9.59 Å². The van der Waals surface area contributed by atoms with E-state index in [4.69, 9.17) is 0 Å². The van der Waals surface area contributed by atoms with Gasteiger partial charge in [-0.25, -0.2) is 0 Å². The van der Waals surface area contributed by atoms with E-state index in [1.807, 2.05) is 0 Å². The number of benzene rings is 2. The van der Waals surface area contributed by atoms with Gasteiger partial charge in [0.05, 0.1) is 5.56 Å². The molecule has 2 aromatic rings. The Labute approximate surface area is 123 Å². The van der Waals surface area contributed by atoms with E-state index in [1.165, 1.54) is 6.07 Å². The van der Waals surface area contributed by atoms with Gasteiger partial charge in [-0.15, -0.1) is 0 Å². The molecule has 0 saturated heterocycles. The Balaban J connectivity index is 2.25. The minimum Gasteiger partial charge on any atom is -0.507 e. The molecular formula is C14H10INO3. The molecule has 0 radical (unpaired) electrons. The number of anilines is 1. The molecule has 0 fully saturated rings. The van der Waals surface area contributed by atoms with E-state index in [-0.39, 0.29) is 11.3 Å². The third-order valence-corrected chi connectivity index (χ3v) is 3.15. The molecule has 19 heavy (non-hydrogen) atoms. The number of amides is 1. The second kappa shape index (κ2) is 5.83. The average Bonchev–Trinajstić information content (AvgIpc) is 2.41. The van der Waals surface area contributed by atoms with Crippen molar-refractivity contribution in [3.8, 4) is 5.75 Å². The molecular weight excluding hydrogens is 357 g/mol. The number of carbonyl (C=O) groups excluding carboxylic acids is 2. The lowest BCUT2D eigenvalue weighted by Crippen LogP contribution is -2.12. The number of phenols is 1. The van der Waals surface area contributed by atoms with Crippen molar-refractivity contribution in [1.82, 2.24) is 0 Å². The van der Waals surface area contributed by atoms with Crippen LogP contribution in [0.4, 0.5) is 5.69 Å².